The summed E-state index contributed by atoms with van der Waals surface area (Å²) in [5.41, 5.74) is 2.57. The van der Waals surface area contributed by atoms with Gasteiger partial charge in [-0.3, -0.25) is 4.79 Å². The van der Waals surface area contributed by atoms with Crippen molar-refractivity contribution in [1.29, 1.82) is 0 Å². The second kappa shape index (κ2) is 4.17. The van der Waals surface area contributed by atoms with E-state index in [9.17, 15) is 4.79 Å². The molecule has 0 N–H and O–H groups in total. The highest BCUT2D eigenvalue weighted by atomic mass is 16.1. The Bertz CT molecular complexity index is 595. The Labute approximate surface area is 99.8 Å². The number of carbonyl (C=O) groups excluding carboxylic acids is 1. The molecule has 1 aliphatic rings. The zero-order valence-corrected chi connectivity index (χ0v) is 9.60. The molecule has 0 unspecified atom stereocenters. The molecule has 86 valence electrons. The normalized spacial score (nSPS) is 15.9. The number of carbonyl (C=O) groups is 1. The number of allylic oxidation sites excluding steroid dienone is 2. The smallest absolute Gasteiger partial charge is 0.192 e. The molecule has 0 saturated heterocycles. The second-order valence-electron chi connectivity index (χ2n) is 4.39. The molecule has 0 bridgehead atoms. The van der Waals surface area contributed by atoms with Gasteiger partial charge in [0.25, 0.3) is 0 Å². The van der Waals surface area contributed by atoms with E-state index in [1.807, 2.05) is 24.4 Å². The van der Waals surface area contributed by atoms with Gasteiger partial charge in [-0.15, -0.1) is 0 Å². The van der Waals surface area contributed by atoms with Crippen LogP contribution in [0, 0.1) is 0 Å². The molecule has 0 aromatic carbocycles. The number of Topliss-reactive ketones (excluding diaryl/α,β-unsaturated/α-hetero) is 1. The monoisotopic (exact) mass is 226 g/mol. The van der Waals surface area contributed by atoms with Crippen LogP contribution in [0.3, 0.4) is 0 Å². The van der Waals surface area contributed by atoms with Crippen molar-refractivity contribution in [2.45, 2.75) is 25.7 Å². The fraction of sp³-hybridized carbons (Fsp3) is 0.286. The van der Waals surface area contributed by atoms with E-state index in [1.165, 1.54) is 6.42 Å². The predicted molar refractivity (Wildman–Crippen MR) is 66.1 cm³/mol. The molecule has 0 fully saturated rings. The number of hydrogen-bond donors (Lipinski definition) is 0. The lowest BCUT2D eigenvalue weighted by Gasteiger charge is -2.10. The maximum Gasteiger partial charge on any atom is 0.192 e. The number of hydrogen-bond acceptors (Lipinski definition) is 2. The molecule has 0 radical (unpaired) electrons. The Hall–Kier alpha value is -1.90. The molecule has 1 aliphatic carbocycles. The fourth-order valence-electron chi connectivity index (χ4n) is 2.33. The molecule has 2 aromatic rings. The minimum atomic E-state index is 0.144. The molecular formula is C14H14N2O. The van der Waals surface area contributed by atoms with Crippen LogP contribution >= 0.6 is 0 Å². The molecule has 0 saturated carbocycles. The quantitative estimate of drug-likeness (QED) is 0.738. The van der Waals surface area contributed by atoms with Gasteiger partial charge in [-0.2, -0.15) is 5.10 Å². The molecular weight excluding hydrogens is 212 g/mol. The highest BCUT2D eigenvalue weighted by molar-refractivity contribution is 6.12. The Morgan fingerprint density at radius 2 is 2.24 bits per heavy atom. The van der Waals surface area contributed by atoms with Gasteiger partial charge in [0.1, 0.15) is 0 Å². The standard InChI is InChI=1S/C14H14N2O/c17-14(11-6-2-1-3-7-11)12-10-15-16-9-5-4-8-13(12)16/h4-6,8-10H,1-3,7H2. The van der Waals surface area contributed by atoms with Gasteiger partial charge in [0.2, 0.25) is 0 Å². The van der Waals surface area contributed by atoms with Crippen LogP contribution in [-0.4, -0.2) is 15.4 Å². The molecule has 2 aromatic heterocycles. The summed E-state index contributed by atoms with van der Waals surface area (Å²) in [5, 5.41) is 4.20. The summed E-state index contributed by atoms with van der Waals surface area (Å²) in [6, 6.07) is 5.78. The summed E-state index contributed by atoms with van der Waals surface area (Å²) in [6.07, 6.45) is 9.87. The van der Waals surface area contributed by atoms with E-state index in [1.54, 1.807) is 10.7 Å². The summed E-state index contributed by atoms with van der Waals surface area (Å²) in [5.74, 6) is 0.144. The van der Waals surface area contributed by atoms with E-state index >= 15 is 0 Å². The van der Waals surface area contributed by atoms with Crippen LogP contribution in [0.15, 0.2) is 42.2 Å². The van der Waals surface area contributed by atoms with E-state index in [4.69, 9.17) is 0 Å². The molecule has 3 heteroatoms. The fourth-order valence-corrected chi connectivity index (χ4v) is 2.33. The lowest BCUT2D eigenvalue weighted by atomic mass is 9.93. The van der Waals surface area contributed by atoms with Crippen molar-refractivity contribution in [1.82, 2.24) is 9.61 Å². The van der Waals surface area contributed by atoms with Gasteiger partial charge in [-0.1, -0.05) is 12.1 Å². The Balaban J connectivity index is 2.03. The summed E-state index contributed by atoms with van der Waals surface area (Å²) >= 11 is 0. The zero-order chi connectivity index (χ0) is 11.7. The zero-order valence-electron chi connectivity index (χ0n) is 9.60. The molecule has 0 spiro atoms. The van der Waals surface area contributed by atoms with Crippen LogP contribution in [-0.2, 0) is 0 Å². The maximum absolute atomic E-state index is 12.4. The van der Waals surface area contributed by atoms with E-state index in [0.29, 0.717) is 0 Å². The topological polar surface area (TPSA) is 34.4 Å². The van der Waals surface area contributed by atoms with Crippen molar-refractivity contribution in [3.8, 4) is 0 Å². The average molecular weight is 226 g/mol. The van der Waals surface area contributed by atoms with Crippen molar-refractivity contribution in [3.05, 3.63) is 47.8 Å². The molecule has 3 rings (SSSR count). The first kappa shape index (κ1) is 10.3. The number of aromatic nitrogens is 2. The van der Waals surface area contributed by atoms with E-state index < -0.39 is 0 Å². The SMILES string of the molecule is O=C(C1=CCCCC1)c1cnn2ccccc12. The second-order valence-corrected chi connectivity index (χ2v) is 4.39. The van der Waals surface area contributed by atoms with Crippen LogP contribution in [0.5, 0.6) is 0 Å². The molecule has 17 heavy (non-hydrogen) atoms. The average Bonchev–Trinajstić information content (AvgIpc) is 2.83. The van der Waals surface area contributed by atoms with E-state index in [2.05, 4.69) is 11.2 Å². The first-order chi connectivity index (χ1) is 8.36. The van der Waals surface area contributed by atoms with Gasteiger partial charge in [0, 0.05) is 6.20 Å². The lowest BCUT2D eigenvalue weighted by molar-refractivity contribution is 0.103. The van der Waals surface area contributed by atoms with Crippen molar-refractivity contribution in [2.24, 2.45) is 0 Å². The number of pyridine rings is 1. The predicted octanol–water partition coefficient (Wildman–Crippen LogP) is 3.02. The highest BCUT2D eigenvalue weighted by Crippen LogP contribution is 2.23. The molecule has 0 amide bonds. The highest BCUT2D eigenvalue weighted by Gasteiger charge is 2.17. The van der Waals surface area contributed by atoms with Crippen molar-refractivity contribution in [2.75, 3.05) is 0 Å². The molecule has 0 atom stereocenters. The summed E-state index contributed by atoms with van der Waals surface area (Å²) in [4.78, 5) is 12.4. The lowest BCUT2D eigenvalue weighted by Crippen LogP contribution is -2.06. The molecule has 3 nitrogen and oxygen atoms in total. The first-order valence-corrected chi connectivity index (χ1v) is 6.02. The van der Waals surface area contributed by atoms with Crippen LogP contribution in [0.4, 0.5) is 0 Å². The minimum Gasteiger partial charge on any atom is -0.289 e. The van der Waals surface area contributed by atoms with Crippen molar-refractivity contribution < 1.29 is 4.79 Å². The van der Waals surface area contributed by atoms with Gasteiger partial charge in [0.05, 0.1) is 17.3 Å². The van der Waals surface area contributed by atoms with Crippen molar-refractivity contribution in [3.63, 3.8) is 0 Å². The molecule has 0 aliphatic heterocycles. The van der Waals surface area contributed by atoms with Crippen LogP contribution < -0.4 is 0 Å². The number of rotatable bonds is 2. The summed E-state index contributed by atoms with van der Waals surface area (Å²) in [6.45, 7) is 0. The Morgan fingerprint density at radius 3 is 3.06 bits per heavy atom. The van der Waals surface area contributed by atoms with Gasteiger partial charge in [0.15, 0.2) is 5.78 Å². The van der Waals surface area contributed by atoms with E-state index in [-0.39, 0.29) is 5.78 Å². The Kier molecular flexibility index (Phi) is 2.52. The largest absolute Gasteiger partial charge is 0.289 e. The van der Waals surface area contributed by atoms with Gasteiger partial charge >= 0.3 is 0 Å². The third kappa shape index (κ3) is 1.78. The summed E-state index contributed by atoms with van der Waals surface area (Å²) < 4.78 is 1.75. The third-order valence-electron chi connectivity index (χ3n) is 3.25. The summed E-state index contributed by atoms with van der Waals surface area (Å²) in [7, 11) is 0. The molecule has 2 heterocycles. The van der Waals surface area contributed by atoms with Crippen LogP contribution in [0.2, 0.25) is 0 Å². The van der Waals surface area contributed by atoms with Gasteiger partial charge < -0.3 is 0 Å². The van der Waals surface area contributed by atoms with Crippen molar-refractivity contribution >= 4 is 11.3 Å². The minimum absolute atomic E-state index is 0.144. The Morgan fingerprint density at radius 1 is 1.29 bits per heavy atom. The van der Waals surface area contributed by atoms with Crippen LogP contribution in [0.1, 0.15) is 36.0 Å². The van der Waals surface area contributed by atoms with Gasteiger partial charge in [-0.25, -0.2) is 4.52 Å². The van der Waals surface area contributed by atoms with Crippen LogP contribution in [0.25, 0.3) is 5.52 Å². The van der Waals surface area contributed by atoms with E-state index in [0.717, 1.165) is 35.9 Å². The third-order valence-corrected chi connectivity index (χ3v) is 3.25. The number of ketones is 1. The number of nitrogens with zero attached hydrogens (tertiary/aromatic N) is 2. The maximum atomic E-state index is 12.4. The number of fused-ring (bicyclic) bond motifs is 1. The first-order valence-electron chi connectivity index (χ1n) is 6.02. The van der Waals surface area contributed by atoms with Gasteiger partial charge in [-0.05, 0) is 43.4 Å².